The molecule has 46 valence electrons. The van der Waals surface area contributed by atoms with Crippen molar-refractivity contribution < 1.29 is 0 Å². The average molecular weight is 154 g/mol. The monoisotopic (exact) mass is 154 g/mol. The third-order valence-electron chi connectivity index (χ3n) is 1.16. The second-order valence-electron chi connectivity index (χ2n) is 1.78. The molecule has 0 aromatic carbocycles. The molecule has 9 heavy (non-hydrogen) atoms. The maximum Gasteiger partial charge on any atom is 0.0553 e. The summed E-state index contributed by atoms with van der Waals surface area (Å²) in [6, 6.07) is 0. The standard InChI is InChI=1S/C7H6S2/c8-5-7(9)6-3-1-2-4-6/h1,3-5H,2H2. The van der Waals surface area contributed by atoms with Gasteiger partial charge >= 0.3 is 0 Å². The topological polar surface area (TPSA) is 0 Å². The number of hydrogen-bond acceptors (Lipinski definition) is 2. The van der Waals surface area contributed by atoms with Gasteiger partial charge in [-0.05, 0) is 12.0 Å². The lowest BCUT2D eigenvalue weighted by molar-refractivity contribution is 1.45. The van der Waals surface area contributed by atoms with Crippen LogP contribution in [0.1, 0.15) is 6.42 Å². The molecule has 1 aliphatic carbocycles. The molecule has 0 aliphatic heterocycles. The summed E-state index contributed by atoms with van der Waals surface area (Å²) in [5.41, 5.74) is 1.10. The molecule has 1 aliphatic rings. The fraction of sp³-hybridized carbons (Fsp3) is 0.143. The number of hydrogen-bond donors (Lipinski definition) is 0. The molecule has 0 bridgehead atoms. The summed E-state index contributed by atoms with van der Waals surface area (Å²) < 4.78 is 0. The van der Waals surface area contributed by atoms with Crippen LogP contribution in [0.2, 0.25) is 0 Å². The molecular formula is C7H6S2. The third kappa shape index (κ3) is 1.53. The molecule has 2 heteroatoms. The lowest BCUT2D eigenvalue weighted by Gasteiger charge is -1.89. The van der Waals surface area contributed by atoms with Crippen LogP contribution in [0.15, 0.2) is 23.8 Å². The Balaban J connectivity index is 2.73. The van der Waals surface area contributed by atoms with Crippen molar-refractivity contribution in [3.05, 3.63) is 23.8 Å². The Bertz CT molecular complexity index is 199. The van der Waals surface area contributed by atoms with Crippen LogP contribution >= 0.6 is 24.4 Å². The van der Waals surface area contributed by atoms with E-state index in [0.29, 0.717) is 0 Å². The Morgan fingerprint density at radius 3 is 2.89 bits per heavy atom. The van der Waals surface area contributed by atoms with Crippen molar-refractivity contribution in [3.63, 3.8) is 0 Å². The van der Waals surface area contributed by atoms with Crippen molar-refractivity contribution in [1.29, 1.82) is 0 Å². The van der Waals surface area contributed by atoms with Crippen LogP contribution in [0.3, 0.4) is 0 Å². The quantitative estimate of drug-likeness (QED) is 0.559. The van der Waals surface area contributed by atoms with Gasteiger partial charge in [-0.3, -0.25) is 0 Å². The van der Waals surface area contributed by atoms with Crippen LogP contribution in [0.4, 0.5) is 0 Å². The lowest BCUT2D eigenvalue weighted by atomic mass is 10.2. The van der Waals surface area contributed by atoms with Crippen LogP contribution in [-0.4, -0.2) is 10.2 Å². The molecule has 0 spiro atoms. The Hall–Kier alpha value is -0.340. The van der Waals surface area contributed by atoms with E-state index in [2.05, 4.69) is 24.4 Å². The third-order valence-corrected chi connectivity index (χ3v) is 1.90. The number of rotatable bonds is 2. The summed E-state index contributed by atoms with van der Waals surface area (Å²) >= 11 is 9.61. The Morgan fingerprint density at radius 1 is 1.67 bits per heavy atom. The van der Waals surface area contributed by atoms with Gasteiger partial charge in [-0.1, -0.05) is 42.7 Å². The normalized spacial score (nSPS) is 15.3. The first-order valence-corrected chi connectivity index (χ1v) is 3.59. The van der Waals surface area contributed by atoms with E-state index >= 15 is 0 Å². The first-order valence-electron chi connectivity index (χ1n) is 2.71. The number of thiocarbonyl (C=S) groups is 2. The van der Waals surface area contributed by atoms with E-state index < -0.39 is 0 Å². The van der Waals surface area contributed by atoms with Crippen molar-refractivity contribution >= 4 is 34.7 Å². The van der Waals surface area contributed by atoms with Crippen molar-refractivity contribution in [2.45, 2.75) is 6.42 Å². The molecule has 0 aromatic rings. The van der Waals surface area contributed by atoms with Crippen molar-refractivity contribution in [2.24, 2.45) is 0 Å². The van der Waals surface area contributed by atoms with Gasteiger partial charge in [0.05, 0.1) is 4.86 Å². The van der Waals surface area contributed by atoms with Gasteiger partial charge in [0.1, 0.15) is 0 Å². The van der Waals surface area contributed by atoms with E-state index in [9.17, 15) is 0 Å². The van der Waals surface area contributed by atoms with E-state index in [4.69, 9.17) is 12.2 Å². The van der Waals surface area contributed by atoms with E-state index in [1.807, 2.05) is 6.08 Å². The van der Waals surface area contributed by atoms with Crippen molar-refractivity contribution in [1.82, 2.24) is 0 Å². The summed E-state index contributed by atoms with van der Waals surface area (Å²) in [5.74, 6) is 0. The summed E-state index contributed by atoms with van der Waals surface area (Å²) in [6.45, 7) is 0. The summed E-state index contributed by atoms with van der Waals surface area (Å²) in [6.07, 6.45) is 7.15. The maximum absolute atomic E-state index is 4.94. The molecule has 0 radical (unpaired) electrons. The minimum Gasteiger partial charge on any atom is -0.0871 e. The van der Waals surface area contributed by atoms with Gasteiger partial charge in [0.2, 0.25) is 0 Å². The highest BCUT2D eigenvalue weighted by Gasteiger charge is 1.99. The lowest BCUT2D eigenvalue weighted by Crippen LogP contribution is -1.93. The molecule has 0 saturated heterocycles. The minimum atomic E-state index is 0.777. The maximum atomic E-state index is 4.94. The van der Waals surface area contributed by atoms with Crippen LogP contribution in [0, 0.1) is 0 Å². The van der Waals surface area contributed by atoms with E-state index in [-0.39, 0.29) is 0 Å². The molecule has 0 heterocycles. The first-order chi connectivity index (χ1) is 4.34. The minimum absolute atomic E-state index is 0.777. The highest BCUT2D eigenvalue weighted by Crippen LogP contribution is 2.09. The predicted octanol–water partition coefficient (Wildman–Crippen LogP) is 2.24. The van der Waals surface area contributed by atoms with Crippen LogP contribution in [0.5, 0.6) is 0 Å². The molecule has 0 nitrogen and oxygen atoms in total. The zero-order valence-corrected chi connectivity index (χ0v) is 6.47. The average Bonchev–Trinajstić information content (AvgIpc) is 2.37. The Labute approximate surface area is 65.3 Å². The van der Waals surface area contributed by atoms with Gasteiger partial charge in [0, 0.05) is 5.37 Å². The van der Waals surface area contributed by atoms with Gasteiger partial charge in [0.15, 0.2) is 0 Å². The van der Waals surface area contributed by atoms with Crippen LogP contribution < -0.4 is 0 Å². The van der Waals surface area contributed by atoms with Crippen molar-refractivity contribution in [2.75, 3.05) is 0 Å². The SMILES string of the molecule is S=CC(=S)C1=CCC=C1. The zero-order chi connectivity index (χ0) is 6.69. The summed E-state index contributed by atoms with van der Waals surface area (Å²) in [4.78, 5) is 0.777. The van der Waals surface area contributed by atoms with E-state index in [0.717, 1.165) is 16.9 Å². The van der Waals surface area contributed by atoms with Crippen LogP contribution in [-0.2, 0) is 0 Å². The Morgan fingerprint density at radius 2 is 2.44 bits per heavy atom. The second kappa shape index (κ2) is 2.99. The first kappa shape index (κ1) is 6.78. The molecule has 0 aromatic heterocycles. The molecule has 0 saturated carbocycles. The molecule has 0 N–H and O–H groups in total. The zero-order valence-electron chi connectivity index (χ0n) is 4.83. The molecular weight excluding hydrogens is 148 g/mol. The summed E-state index contributed by atoms with van der Waals surface area (Å²) in [7, 11) is 0. The van der Waals surface area contributed by atoms with E-state index in [1.54, 1.807) is 0 Å². The van der Waals surface area contributed by atoms with Gasteiger partial charge in [-0.2, -0.15) is 0 Å². The molecule has 0 atom stereocenters. The molecule has 0 unspecified atom stereocenters. The fourth-order valence-electron chi connectivity index (χ4n) is 0.709. The fourth-order valence-corrected chi connectivity index (χ4v) is 0.996. The Kier molecular flexibility index (Phi) is 2.25. The molecule has 1 rings (SSSR count). The second-order valence-corrected chi connectivity index (χ2v) is 2.46. The largest absolute Gasteiger partial charge is 0.0871 e. The molecule has 0 amide bonds. The predicted molar refractivity (Wildman–Crippen MR) is 48.1 cm³/mol. The van der Waals surface area contributed by atoms with Gasteiger partial charge < -0.3 is 0 Å². The highest BCUT2D eigenvalue weighted by atomic mass is 32.1. The van der Waals surface area contributed by atoms with Gasteiger partial charge in [0.25, 0.3) is 0 Å². The number of allylic oxidation sites excluding steroid dienone is 4. The smallest absolute Gasteiger partial charge is 0.0553 e. The van der Waals surface area contributed by atoms with Crippen molar-refractivity contribution in [3.8, 4) is 0 Å². The summed E-state index contributed by atoms with van der Waals surface area (Å²) in [5, 5.41) is 1.54. The van der Waals surface area contributed by atoms with Gasteiger partial charge in [-0.25, -0.2) is 0 Å². The van der Waals surface area contributed by atoms with Crippen LogP contribution in [0.25, 0.3) is 0 Å². The highest BCUT2D eigenvalue weighted by molar-refractivity contribution is 7.88. The van der Waals surface area contributed by atoms with E-state index in [1.165, 1.54) is 5.37 Å². The molecule has 0 fully saturated rings. The van der Waals surface area contributed by atoms with Gasteiger partial charge in [-0.15, -0.1) is 0 Å².